The number of anilines is 1. The van der Waals surface area contributed by atoms with Crippen molar-refractivity contribution in [1.82, 2.24) is 0 Å². The maximum absolute atomic E-state index is 12.2. The van der Waals surface area contributed by atoms with Crippen molar-refractivity contribution in [2.24, 2.45) is 11.8 Å². The summed E-state index contributed by atoms with van der Waals surface area (Å²) in [4.78, 5) is 24.2. The Kier molecular flexibility index (Phi) is 5.91. The highest BCUT2D eigenvalue weighted by molar-refractivity contribution is 6.06. The molecule has 1 unspecified atom stereocenters. The highest BCUT2D eigenvalue weighted by Gasteiger charge is 2.21. The van der Waals surface area contributed by atoms with Crippen LogP contribution in [-0.4, -0.2) is 11.7 Å². The van der Waals surface area contributed by atoms with E-state index in [4.69, 9.17) is 0 Å². The van der Waals surface area contributed by atoms with Crippen LogP contribution in [0, 0.1) is 18.8 Å². The van der Waals surface area contributed by atoms with Gasteiger partial charge < -0.3 is 5.32 Å². The highest BCUT2D eigenvalue weighted by atomic mass is 16.2. The lowest BCUT2D eigenvalue weighted by molar-refractivity contribution is -0.130. The van der Waals surface area contributed by atoms with Crippen LogP contribution in [0.15, 0.2) is 48.5 Å². The zero-order valence-electron chi connectivity index (χ0n) is 14.8. The van der Waals surface area contributed by atoms with Gasteiger partial charge in [-0.25, -0.2) is 0 Å². The molecule has 0 saturated carbocycles. The van der Waals surface area contributed by atoms with E-state index in [1.165, 1.54) is 5.56 Å². The van der Waals surface area contributed by atoms with Gasteiger partial charge in [0.15, 0.2) is 0 Å². The molecule has 2 aromatic carbocycles. The maximum atomic E-state index is 12.2. The Balaban J connectivity index is 2.02. The van der Waals surface area contributed by atoms with Crippen molar-refractivity contribution in [2.45, 2.75) is 34.1 Å². The lowest BCUT2D eigenvalue weighted by atomic mass is 9.97. The second kappa shape index (κ2) is 7.91. The molecule has 126 valence electrons. The monoisotopic (exact) mass is 323 g/mol. The molecule has 0 fully saturated rings. The van der Waals surface area contributed by atoms with Crippen molar-refractivity contribution in [3.05, 3.63) is 54.1 Å². The molecular weight excluding hydrogens is 298 g/mol. The predicted molar refractivity (Wildman–Crippen MR) is 98.9 cm³/mol. The van der Waals surface area contributed by atoms with Crippen molar-refractivity contribution in [3.8, 4) is 11.1 Å². The number of aryl methyl sites for hydroxylation is 1. The molecule has 1 N–H and O–H groups in total. The number of hydrogen-bond donors (Lipinski definition) is 1. The van der Waals surface area contributed by atoms with Crippen LogP contribution in [0.2, 0.25) is 0 Å². The van der Waals surface area contributed by atoms with Crippen LogP contribution in [0.25, 0.3) is 11.1 Å². The normalized spacial score (nSPS) is 12.0. The lowest BCUT2D eigenvalue weighted by Crippen LogP contribution is -2.28. The SMILES string of the molecule is Cc1ccc(-c2ccc(NC(=O)C(C)C(=O)CC(C)C)cc2)cc1. The summed E-state index contributed by atoms with van der Waals surface area (Å²) in [6, 6.07) is 16.0. The maximum Gasteiger partial charge on any atom is 0.234 e. The van der Waals surface area contributed by atoms with Gasteiger partial charge in [0.25, 0.3) is 0 Å². The second-order valence-electron chi connectivity index (χ2n) is 6.72. The van der Waals surface area contributed by atoms with Gasteiger partial charge in [-0.3, -0.25) is 9.59 Å². The van der Waals surface area contributed by atoms with Crippen LogP contribution >= 0.6 is 0 Å². The Morgan fingerprint density at radius 1 is 0.875 bits per heavy atom. The van der Waals surface area contributed by atoms with Crippen molar-refractivity contribution >= 4 is 17.4 Å². The number of carbonyl (C=O) groups is 2. The first kappa shape index (κ1) is 17.9. The second-order valence-corrected chi connectivity index (χ2v) is 6.72. The minimum atomic E-state index is -0.621. The summed E-state index contributed by atoms with van der Waals surface area (Å²) < 4.78 is 0. The number of rotatable bonds is 6. The fourth-order valence-electron chi connectivity index (χ4n) is 2.47. The molecule has 2 aromatic rings. The third-order valence-corrected chi connectivity index (χ3v) is 4.02. The van der Waals surface area contributed by atoms with E-state index in [0.717, 1.165) is 11.1 Å². The Morgan fingerprint density at radius 3 is 1.88 bits per heavy atom. The zero-order chi connectivity index (χ0) is 17.7. The van der Waals surface area contributed by atoms with Crippen LogP contribution in [0.4, 0.5) is 5.69 Å². The molecule has 0 aromatic heterocycles. The van der Waals surface area contributed by atoms with Crippen molar-refractivity contribution in [1.29, 1.82) is 0 Å². The molecule has 0 saturated heterocycles. The highest BCUT2D eigenvalue weighted by Crippen LogP contribution is 2.22. The Hall–Kier alpha value is -2.42. The molecule has 0 aliphatic heterocycles. The molecular formula is C21H25NO2. The molecule has 3 heteroatoms. The summed E-state index contributed by atoms with van der Waals surface area (Å²) in [6.45, 7) is 7.68. The number of hydrogen-bond acceptors (Lipinski definition) is 2. The number of ketones is 1. The van der Waals surface area contributed by atoms with E-state index < -0.39 is 5.92 Å². The number of amides is 1. The van der Waals surface area contributed by atoms with E-state index in [9.17, 15) is 9.59 Å². The summed E-state index contributed by atoms with van der Waals surface area (Å²) >= 11 is 0. The van der Waals surface area contributed by atoms with Gasteiger partial charge in [-0.15, -0.1) is 0 Å². The Morgan fingerprint density at radius 2 is 1.38 bits per heavy atom. The molecule has 0 aliphatic rings. The molecule has 24 heavy (non-hydrogen) atoms. The van der Waals surface area contributed by atoms with Gasteiger partial charge in [-0.2, -0.15) is 0 Å². The van der Waals surface area contributed by atoms with E-state index in [1.807, 2.05) is 38.1 Å². The van der Waals surface area contributed by atoms with Gasteiger partial charge in [-0.05, 0) is 43.0 Å². The summed E-state index contributed by atoms with van der Waals surface area (Å²) in [5, 5.41) is 2.82. The van der Waals surface area contributed by atoms with E-state index in [1.54, 1.807) is 6.92 Å². The third kappa shape index (κ3) is 4.79. The average molecular weight is 323 g/mol. The molecule has 1 amide bonds. The summed E-state index contributed by atoms with van der Waals surface area (Å²) in [5.41, 5.74) is 4.17. The summed E-state index contributed by atoms with van der Waals surface area (Å²) in [7, 11) is 0. The number of Topliss-reactive ketones (excluding diaryl/α,β-unsaturated/α-hetero) is 1. The number of benzene rings is 2. The minimum absolute atomic E-state index is 0.0150. The first-order valence-corrected chi connectivity index (χ1v) is 8.37. The van der Waals surface area contributed by atoms with Crippen LogP contribution in [0.3, 0.4) is 0 Å². The van der Waals surface area contributed by atoms with Crippen LogP contribution in [0.1, 0.15) is 32.8 Å². The Bertz CT molecular complexity index is 700. The molecule has 0 heterocycles. The largest absolute Gasteiger partial charge is 0.325 e. The third-order valence-electron chi connectivity index (χ3n) is 4.02. The molecule has 1 atom stereocenters. The zero-order valence-corrected chi connectivity index (χ0v) is 14.8. The first-order chi connectivity index (χ1) is 11.4. The van der Waals surface area contributed by atoms with E-state index in [-0.39, 0.29) is 17.6 Å². The topological polar surface area (TPSA) is 46.2 Å². The number of carbonyl (C=O) groups excluding carboxylic acids is 2. The number of nitrogens with one attached hydrogen (secondary N) is 1. The van der Waals surface area contributed by atoms with Crippen molar-refractivity contribution < 1.29 is 9.59 Å². The standard InChI is InChI=1S/C21H25NO2/c1-14(2)13-20(23)16(4)21(24)22-19-11-9-18(10-12-19)17-7-5-15(3)6-8-17/h5-12,14,16H,13H2,1-4H3,(H,22,24). The van der Waals surface area contributed by atoms with Crippen LogP contribution < -0.4 is 5.32 Å². The van der Waals surface area contributed by atoms with E-state index in [0.29, 0.717) is 12.1 Å². The summed E-state index contributed by atoms with van der Waals surface area (Å²) in [5.74, 6) is -0.617. The van der Waals surface area contributed by atoms with E-state index in [2.05, 4.69) is 36.5 Å². The van der Waals surface area contributed by atoms with Gasteiger partial charge in [0.05, 0.1) is 5.92 Å². The molecule has 0 aliphatic carbocycles. The molecule has 0 radical (unpaired) electrons. The fraction of sp³-hybridized carbons (Fsp3) is 0.333. The van der Waals surface area contributed by atoms with Gasteiger partial charge in [-0.1, -0.05) is 55.8 Å². The quantitative estimate of drug-likeness (QED) is 0.772. The lowest BCUT2D eigenvalue weighted by Gasteiger charge is -2.13. The molecule has 0 spiro atoms. The molecule has 2 rings (SSSR count). The average Bonchev–Trinajstić information content (AvgIpc) is 2.55. The van der Waals surface area contributed by atoms with Crippen molar-refractivity contribution in [2.75, 3.05) is 5.32 Å². The van der Waals surface area contributed by atoms with Gasteiger partial charge in [0.2, 0.25) is 5.91 Å². The van der Waals surface area contributed by atoms with Gasteiger partial charge in [0, 0.05) is 12.1 Å². The van der Waals surface area contributed by atoms with Crippen LogP contribution in [0.5, 0.6) is 0 Å². The predicted octanol–water partition coefficient (Wildman–Crippen LogP) is 4.85. The van der Waals surface area contributed by atoms with Crippen LogP contribution in [-0.2, 0) is 9.59 Å². The van der Waals surface area contributed by atoms with Crippen molar-refractivity contribution in [3.63, 3.8) is 0 Å². The smallest absolute Gasteiger partial charge is 0.234 e. The first-order valence-electron chi connectivity index (χ1n) is 8.37. The molecule has 3 nitrogen and oxygen atoms in total. The summed E-state index contributed by atoms with van der Waals surface area (Å²) in [6.07, 6.45) is 0.431. The Labute approximate surface area is 144 Å². The van der Waals surface area contributed by atoms with Gasteiger partial charge in [0.1, 0.15) is 5.78 Å². The van der Waals surface area contributed by atoms with Gasteiger partial charge >= 0.3 is 0 Å². The minimum Gasteiger partial charge on any atom is -0.325 e. The fourth-order valence-corrected chi connectivity index (χ4v) is 2.47. The molecule has 0 bridgehead atoms. The van der Waals surface area contributed by atoms with E-state index >= 15 is 0 Å².